The van der Waals surface area contributed by atoms with E-state index in [-0.39, 0.29) is 24.3 Å². The molecule has 3 aromatic rings. The lowest BCUT2D eigenvalue weighted by Crippen LogP contribution is -2.33. The van der Waals surface area contributed by atoms with Crippen LogP contribution < -0.4 is 11.2 Å². The first-order valence-corrected chi connectivity index (χ1v) is 8.79. The van der Waals surface area contributed by atoms with Crippen molar-refractivity contribution in [2.24, 2.45) is 5.11 Å². The van der Waals surface area contributed by atoms with Crippen molar-refractivity contribution < 1.29 is 14.4 Å². The Labute approximate surface area is 162 Å². The number of nitrogens with zero attached hydrogens (tertiary/aromatic N) is 5. The molecule has 0 aliphatic carbocycles. The van der Waals surface area contributed by atoms with Gasteiger partial charge in [-0.1, -0.05) is 40.6 Å². The second kappa shape index (κ2) is 7.76. The predicted octanol–water partition coefficient (Wildman–Crippen LogP) is 1.82. The molecule has 3 atom stereocenters. The summed E-state index contributed by atoms with van der Waals surface area (Å²) in [7, 11) is 0. The summed E-state index contributed by atoms with van der Waals surface area (Å²) in [6.45, 7) is -0.366. The second-order valence-electron chi connectivity index (χ2n) is 6.47. The lowest BCUT2D eigenvalue weighted by atomic mass is 10.1. The smallest absolute Gasteiger partial charge is 0.330 e. The molecule has 1 saturated heterocycles. The van der Waals surface area contributed by atoms with E-state index < -0.39 is 29.6 Å². The molecule has 1 fully saturated rings. The molecule has 29 heavy (non-hydrogen) atoms. The highest BCUT2D eigenvalue weighted by molar-refractivity contribution is 5.65. The van der Waals surface area contributed by atoms with Gasteiger partial charge < -0.3 is 14.4 Å². The van der Waals surface area contributed by atoms with Crippen molar-refractivity contribution >= 4 is 0 Å². The van der Waals surface area contributed by atoms with Crippen LogP contribution in [0.25, 0.3) is 33.0 Å². The molecule has 1 aliphatic heterocycles. The molecule has 0 unspecified atom stereocenters. The summed E-state index contributed by atoms with van der Waals surface area (Å²) in [5.41, 5.74) is 8.51. The van der Waals surface area contributed by atoms with E-state index in [0.717, 1.165) is 5.56 Å². The van der Waals surface area contributed by atoms with Gasteiger partial charge in [-0.05, 0) is 5.53 Å². The van der Waals surface area contributed by atoms with Crippen molar-refractivity contribution in [2.45, 2.75) is 24.8 Å². The first-order valence-electron chi connectivity index (χ1n) is 8.79. The third-order valence-electron chi connectivity index (χ3n) is 4.71. The van der Waals surface area contributed by atoms with Gasteiger partial charge in [0.2, 0.25) is 0 Å². The first kappa shape index (κ1) is 18.7. The number of aromatic amines is 1. The van der Waals surface area contributed by atoms with Gasteiger partial charge in [-0.2, -0.15) is 0 Å². The predicted molar refractivity (Wildman–Crippen MR) is 101 cm³/mol. The van der Waals surface area contributed by atoms with Crippen LogP contribution in [-0.4, -0.2) is 38.6 Å². The van der Waals surface area contributed by atoms with Crippen LogP contribution in [0.15, 0.2) is 61.8 Å². The van der Waals surface area contributed by atoms with Crippen molar-refractivity contribution in [3.63, 3.8) is 0 Å². The molecule has 11 nitrogen and oxygen atoms in total. The van der Waals surface area contributed by atoms with E-state index in [2.05, 4.69) is 20.2 Å². The summed E-state index contributed by atoms with van der Waals surface area (Å²) in [4.78, 5) is 29.6. The van der Waals surface area contributed by atoms with Gasteiger partial charge in [0, 0.05) is 29.2 Å². The highest BCUT2D eigenvalue weighted by Crippen LogP contribution is 2.30. The van der Waals surface area contributed by atoms with Crippen molar-refractivity contribution in [1.82, 2.24) is 14.7 Å². The Hall–Kier alpha value is -3.66. The fourth-order valence-electron chi connectivity index (χ4n) is 3.26. The summed E-state index contributed by atoms with van der Waals surface area (Å²) in [5.74, 6) is 0.471. The Morgan fingerprint density at radius 3 is 2.86 bits per heavy atom. The molecule has 1 aromatic carbocycles. The number of aliphatic hydroxyl groups excluding tert-OH is 1. The number of azide groups is 1. The minimum atomic E-state index is -0.814. The van der Waals surface area contributed by atoms with Gasteiger partial charge >= 0.3 is 5.69 Å². The number of ether oxygens (including phenoxy) is 1. The fourth-order valence-corrected chi connectivity index (χ4v) is 3.26. The number of nitrogens with one attached hydrogen (secondary N) is 1. The molecule has 0 spiro atoms. The van der Waals surface area contributed by atoms with Gasteiger partial charge in [-0.3, -0.25) is 14.3 Å². The molecule has 1 aliphatic rings. The maximum absolute atomic E-state index is 12.3. The maximum atomic E-state index is 12.3. The Morgan fingerprint density at radius 1 is 1.34 bits per heavy atom. The molecule has 3 heterocycles. The van der Waals surface area contributed by atoms with E-state index in [0.29, 0.717) is 5.76 Å². The Kier molecular flexibility index (Phi) is 5.00. The topological polar surface area (TPSA) is 159 Å². The Bertz CT molecular complexity index is 1180. The number of aliphatic hydroxyl groups is 1. The fraction of sp³-hybridized carbons (Fsp3) is 0.278. The Balaban J connectivity index is 1.70. The lowest BCUT2D eigenvalue weighted by molar-refractivity contribution is -0.0270. The van der Waals surface area contributed by atoms with Crippen LogP contribution in [0.5, 0.6) is 0 Å². The molecule has 0 radical (unpaired) electrons. The molecule has 2 aromatic heterocycles. The SMILES string of the molecule is [N-]=[N+]=N[C@H]1C[C@H](n2cc(-c3cc(-c4ccccc4)on3)c(=O)[nH]c2=O)O[C@@H]1CO. The van der Waals surface area contributed by atoms with Gasteiger partial charge in [-0.15, -0.1) is 0 Å². The number of aromatic nitrogens is 3. The van der Waals surface area contributed by atoms with E-state index in [1.54, 1.807) is 6.07 Å². The van der Waals surface area contributed by atoms with Gasteiger partial charge in [0.15, 0.2) is 5.76 Å². The largest absolute Gasteiger partial charge is 0.394 e. The normalized spacial score (nSPS) is 21.1. The van der Waals surface area contributed by atoms with Gasteiger partial charge in [0.1, 0.15) is 11.9 Å². The summed E-state index contributed by atoms with van der Waals surface area (Å²) in [6, 6.07) is 10.2. The number of hydrogen-bond donors (Lipinski definition) is 2. The molecule has 0 bridgehead atoms. The molecule has 11 heteroatoms. The highest BCUT2D eigenvalue weighted by Gasteiger charge is 2.36. The van der Waals surface area contributed by atoms with E-state index in [1.807, 2.05) is 30.3 Å². The van der Waals surface area contributed by atoms with Crippen molar-refractivity contribution in [2.75, 3.05) is 6.61 Å². The lowest BCUT2D eigenvalue weighted by Gasteiger charge is -2.15. The third kappa shape index (κ3) is 3.57. The van der Waals surface area contributed by atoms with Crippen molar-refractivity contribution in [1.29, 1.82) is 0 Å². The van der Waals surface area contributed by atoms with Crippen molar-refractivity contribution in [3.05, 3.63) is 73.9 Å². The van der Waals surface area contributed by atoms with Crippen LogP contribution >= 0.6 is 0 Å². The molecule has 0 amide bonds. The van der Waals surface area contributed by atoms with E-state index in [1.165, 1.54) is 10.8 Å². The van der Waals surface area contributed by atoms with Crippen LogP contribution in [0.3, 0.4) is 0 Å². The summed E-state index contributed by atoms with van der Waals surface area (Å²) < 4.78 is 12.1. The zero-order chi connectivity index (χ0) is 20.4. The molecular weight excluding hydrogens is 380 g/mol. The molecule has 2 N–H and O–H groups in total. The summed E-state index contributed by atoms with van der Waals surface area (Å²) >= 11 is 0. The quantitative estimate of drug-likeness (QED) is 0.380. The average Bonchev–Trinajstić information content (AvgIpc) is 3.36. The monoisotopic (exact) mass is 396 g/mol. The zero-order valence-corrected chi connectivity index (χ0v) is 15.0. The molecule has 0 saturated carbocycles. The van der Waals surface area contributed by atoms with E-state index in [9.17, 15) is 14.7 Å². The first-order chi connectivity index (χ1) is 14.1. The molecule has 4 rings (SSSR count). The van der Waals surface area contributed by atoms with Crippen LogP contribution in [0.4, 0.5) is 0 Å². The zero-order valence-electron chi connectivity index (χ0n) is 15.0. The molecule has 148 valence electrons. The standard InChI is InChI=1S/C18H16N6O5/c19-23-21-13-7-16(28-15(13)9-25)24-8-11(17(26)20-18(24)27)12-6-14(29-22-12)10-4-2-1-3-5-10/h1-6,8,13,15-16,25H,7,9H2,(H,20,26,27)/t13-,15+,16+/m0/s1. The average molecular weight is 396 g/mol. The van der Waals surface area contributed by atoms with E-state index in [4.69, 9.17) is 14.8 Å². The van der Waals surface area contributed by atoms with Crippen LogP contribution in [-0.2, 0) is 4.74 Å². The van der Waals surface area contributed by atoms with Crippen molar-refractivity contribution in [3.8, 4) is 22.6 Å². The molecular formula is C18H16N6O5. The third-order valence-corrected chi connectivity index (χ3v) is 4.71. The minimum absolute atomic E-state index is 0.118. The number of benzene rings is 1. The second-order valence-corrected chi connectivity index (χ2v) is 6.47. The van der Waals surface area contributed by atoms with Gasteiger partial charge in [0.25, 0.3) is 5.56 Å². The van der Waals surface area contributed by atoms with Crippen LogP contribution in [0.1, 0.15) is 12.6 Å². The highest BCUT2D eigenvalue weighted by atomic mass is 16.5. The maximum Gasteiger partial charge on any atom is 0.330 e. The van der Waals surface area contributed by atoms with Crippen LogP contribution in [0, 0.1) is 0 Å². The number of H-pyrrole nitrogens is 1. The van der Waals surface area contributed by atoms with E-state index >= 15 is 0 Å². The number of hydrogen-bond acceptors (Lipinski definition) is 7. The van der Waals surface area contributed by atoms with Gasteiger partial charge in [-0.25, -0.2) is 4.79 Å². The Morgan fingerprint density at radius 2 is 2.14 bits per heavy atom. The van der Waals surface area contributed by atoms with Crippen LogP contribution in [0.2, 0.25) is 0 Å². The minimum Gasteiger partial charge on any atom is -0.394 e. The number of rotatable bonds is 5. The summed E-state index contributed by atoms with van der Waals surface area (Å²) in [5, 5.41) is 16.9. The van der Waals surface area contributed by atoms with Gasteiger partial charge in [0.05, 0.1) is 24.3 Å². The summed E-state index contributed by atoms with van der Waals surface area (Å²) in [6.07, 6.45) is -0.0544.